The van der Waals surface area contributed by atoms with E-state index < -0.39 is 5.82 Å². The van der Waals surface area contributed by atoms with Crippen LogP contribution in [0.1, 0.15) is 10.4 Å². The Bertz CT molecular complexity index is 464. The molecule has 0 N–H and O–H groups in total. The molecule has 0 radical (unpaired) electrons. The molecule has 0 bridgehead atoms. The quantitative estimate of drug-likeness (QED) is 0.838. The minimum absolute atomic E-state index is 0.0423. The Morgan fingerprint density at radius 1 is 1.44 bits per heavy atom. The number of thioether (sulfide) groups is 1. The zero-order valence-corrected chi connectivity index (χ0v) is 11.5. The first-order chi connectivity index (χ1) is 8.65. The summed E-state index contributed by atoms with van der Waals surface area (Å²) in [4.78, 5) is 14.0. The number of ether oxygens (including phenoxy) is 1. The highest BCUT2D eigenvalue weighted by Crippen LogP contribution is 2.32. The Balaban J connectivity index is 2.30. The van der Waals surface area contributed by atoms with Gasteiger partial charge in [-0.05, 0) is 12.1 Å². The van der Waals surface area contributed by atoms with Gasteiger partial charge in [0.2, 0.25) is 0 Å². The van der Waals surface area contributed by atoms with Crippen LogP contribution in [0, 0.1) is 5.82 Å². The Hall–Kier alpha value is -0.940. The topological polar surface area (TPSA) is 29.5 Å². The van der Waals surface area contributed by atoms with Crippen molar-refractivity contribution in [3.8, 4) is 5.75 Å². The molecule has 0 spiro atoms. The highest BCUT2D eigenvalue weighted by molar-refractivity contribution is 7.99. The molecule has 1 aliphatic heterocycles. The van der Waals surface area contributed by atoms with Gasteiger partial charge in [0.15, 0.2) is 11.6 Å². The van der Waals surface area contributed by atoms with Crippen LogP contribution in [0.15, 0.2) is 12.1 Å². The van der Waals surface area contributed by atoms with E-state index >= 15 is 0 Å². The van der Waals surface area contributed by atoms with Gasteiger partial charge in [-0.25, -0.2) is 4.39 Å². The molecule has 2 rings (SSSR count). The van der Waals surface area contributed by atoms with Crippen LogP contribution in [0.5, 0.6) is 5.75 Å². The Morgan fingerprint density at radius 2 is 2.11 bits per heavy atom. The number of halogens is 2. The average Bonchev–Trinajstić information content (AvgIpc) is 2.40. The van der Waals surface area contributed by atoms with Crippen LogP contribution >= 0.6 is 23.4 Å². The monoisotopic (exact) mass is 289 g/mol. The molecule has 98 valence electrons. The number of benzene rings is 1. The number of nitrogens with zero attached hydrogens (tertiary/aromatic N) is 1. The molecule has 18 heavy (non-hydrogen) atoms. The van der Waals surface area contributed by atoms with Gasteiger partial charge >= 0.3 is 0 Å². The van der Waals surface area contributed by atoms with E-state index in [2.05, 4.69) is 0 Å². The van der Waals surface area contributed by atoms with Crippen molar-refractivity contribution < 1.29 is 13.9 Å². The van der Waals surface area contributed by atoms with Crippen molar-refractivity contribution in [3.63, 3.8) is 0 Å². The summed E-state index contributed by atoms with van der Waals surface area (Å²) in [5, 5.41) is 0.0423. The summed E-state index contributed by atoms with van der Waals surface area (Å²) in [5.74, 6) is 1.03. The van der Waals surface area contributed by atoms with Crippen molar-refractivity contribution in [2.45, 2.75) is 0 Å². The first-order valence-electron chi connectivity index (χ1n) is 5.54. The first kappa shape index (κ1) is 13.5. The van der Waals surface area contributed by atoms with Gasteiger partial charge in [-0.15, -0.1) is 0 Å². The van der Waals surface area contributed by atoms with E-state index in [4.69, 9.17) is 16.3 Å². The number of amides is 1. The van der Waals surface area contributed by atoms with Crippen molar-refractivity contribution in [1.82, 2.24) is 4.90 Å². The van der Waals surface area contributed by atoms with E-state index in [1.165, 1.54) is 19.2 Å². The lowest BCUT2D eigenvalue weighted by atomic mass is 10.1. The zero-order chi connectivity index (χ0) is 13.1. The summed E-state index contributed by atoms with van der Waals surface area (Å²) in [6, 6.07) is 2.61. The van der Waals surface area contributed by atoms with E-state index in [1.807, 2.05) is 11.8 Å². The third kappa shape index (κ3) is 2.57. The molecule has 1 saturated heterocycles. The van der Waals surface area contributed by atoms with Crippen LogP contribution < -0.4 is 4.74 Å². The van der Waals surface area contributed by atoms with Gasteiger partial charge in [-0.2, -0.15) is 11.8 Å². The molecule has 0 saturated carbocycles. The largest absolute Gasteiger partial charge is 0.492 e. The molecule has 1 aromatic rings. The molecule has 6 heteroatoms. The highest BCUT2D eigenvalue weighted by atomic mass is 35.5. The van der Waals surface area contributed by atoms with Crippen molar-refractivity contribution >= 4 is 29.3 Å². The van der Waals surface area contributed by atoms with Gasteiger partial charge < -0.3 is 9.64 Å². The Labute approximate surface area is 114 Å². The van der Waals surface area contributed by atoms with Crippen molar-refractivity contribution in [2.24, 2.45) is 0 Å². The fourth-order valence-corrected chi connectivity index (χ4v) is 3.04. The fraction of sp³-hybridized carbons (Fsp3) is 0.417. The number of methoxy groups -OCH3 is 1. The van der Waals surface area contributed by atoms with E-state index in [0.29, 0.717) is 18.7 Å². The highest BCUT2D eigenvalue weighted by Gasteiger charge is 2.23. The second kappa shape index (κ2) is 5.80. The molecule has 1 fully saturated rings. The molecule has 0 aromatic heterocycles. The zero-order valence-electron chi connectivity index (χ0n) is 9.91. The molecule has 0 atom stereocenters. The lowest BCUT2D eigenvalue weighted by Crippen LogP contribution is -2.38. The summed E-state index contributed by atoms with van der Waals surface area (Å²) in [7, 11) is 1.33. The smallest absolute Gasteiger partial charge is 0.255 e. The summed E-state index contributed by atoms with van der Waals surface area (Å²) in [5.41, 5.74) is 0.293. The van der Waals surface area contributed by atoms with Crippen LogP contribution in [0.4, 0.5) is 4.39 Å². The maximum atomic E-state index is 13.4. The van der Waals surface area contributed by atoms with E-state index in [1.54, 1.807) is 4.90 Å². The number of carbonyl (C=O) groups is 1. The van der Waals surface area contributed by atoms with Crippen LogP contribution in [-0.2, 0) is 0 Å². The molecule has 1 amide bonds. The second-order valence-electron chi connectivity index (χ2n) is 3.85. The lowest BCUT2D eigenvalue weighted by molar-refractivity contribution is 0.0772. The molecule has 1 aliphatic rings. The van der Waals surface area contributed by atoms with E-state index in [0.717, 1.165) is 11.5 Å². The Morgan fingerprint density at radius 3 is 2.72 bits per heavy atom. The Kier molecular flexibility index (Phi) is 4.35. The van der Waals surface area contributed by atoms with Gasteiger partial charge in [-0.1, -0.05) is 11.6 Å². The van der Waals surface area contributed by atoms with E-state index in [9.17, 15) is 9.18 Å². The molecular weight excluding hydrogens is 277 g/mol. The number of hydrogen-bond acceptors (Lipinski definition) is 3. The molecule has 1 aromatic carbocycles. The van der Waals surface area contributed by atoms with E-state index in [-0.39, 0.29) is 16.7 Å². The van der Waals surface area contributed by atoms with Crippen LogP contribution in [-0.4, -0.2) is 42.5 Å². The summed E-state index contributed by atoms with van der Waals surface area (Å²) < 4.78 is 18.3. The minimum Gasteiger partial charge on any atom is -0.492 e. The summed E-state index contributed by atoms with van der Waals surface area (Å²) in [6.07, 6.45) is 0. The van der Waals surface area contributed by atoms with Gasteiger partial charge in [0.05, 0.1) is 17.7 Å². The second-order valence-corrected chi connectivity index (χ2v) is 5.45. The van der Waals surface area contributed by atoms with Gasteiger partial charge in [-0.3, -0.25) is 4.79 Å². The standard InChI is InChI=1S/C12H13ClFNO2S/c1-17-11-9(14)3-2-8(10(11)13)12(16)15-4-6-18-7-5-15/h2-3H,4-7H2,1H3. The normalized spacial score (nSPS) is 15.6. The number of rotatable bonds is 2. The predicted octanol–water partition coefficient (Wildman–Crippen LogP) is 2.68. The van der Waals surface area contributed by atoms with Gasteiger partial charge in [0, 0.05) is 24.6 Å². The maximum absolute atomic E-state index is 13.4. The minimum atomic E-state index is -0.562. The summed E-state index contributed by atoms with van der Waals surface area (Å²) in [6.45, 7) is 1.39. The molecule has 0 aliphatic carbocycles. The third-order valence-corrected chi connectivity index (χ3v) is 4.10. The van der Waals surface area contributed by atoms with Crippen molar-refractivity contribution in [1.29, 1.82) is 0 Å². The van der Waals surface area contributed by atoms with Crippen molar-refractivity contribution in [2.75, 3.05) is 31.7 Å². The third-order valence-electron chi connectivity index (χ3n) is 2.78. The molecule has 3 nitrogen and oxygen atoms in total. The lowest BCUT2D eigenvalue weighted by Gasteiger charge is -2.27. The molecule has 1 heterocycles. The van der Waals surface area contributed by atoms with Crippen LogP contribution in [0.25, 0.3) is 0 Å². The predicted molar refractivity (Wildman–Crippen MR) is 71.2 cm³/mol. The SMILES string of the molecule is COc1c(F)ccc(C(=O)N2CCSCC2)c1Cl. The van der Waals surface area contributed by atoms with Gasteiger partial charge in [0.25, 0.3) is 5.91 Å². The van der Waals surface area contributed by atoms with Gasteiger partial charge in [0.1, 0.15) is 0 Å². The maximum Gasteiger partial charge on any atom is 0.255 e. The first-order valence-corrected chi connectivity index (χ1v) is 7.07. The number of hydrogen-bond donors (Lipinski definition) is 0. The fourth-order valence-electron chi connectivity index (χ4n) is 1.82. The van der Waals surface area contributed by atoms with Crippen molar-refractivity contribution in [3.05, 3.63) is 28.5 Å². The summed E-state index contributed by atoms with van der Waals surface area (Å²) >= 11 is 7.82. The van der Waals surface area contributed by atoms with Crippen LogP contribution in [0.3, 0.4) is 0 Å². The number of carbonyl (C=O) groups excluding carboxylic acids is 1. The van der Waals surface area contributed by atoms with Crippen LogP contribution in [0.2, 0.25) is 5.02 Å². The molecule has 0 unspecified atom stereocenters. The average molecular weight is 290 g/mol. The molecular formula is C12H13ClFNO2S.